The molecule has 1 saturated carbocycles. The third-order valence-corrected chi connectivity index (χ3v) is 2.72. The SMILES string of the molecule is CCC(NC1CC1)c1ccc(O)cc1. The second-order valence-corrected chi connectivity index (χ2v) is 3.99. The summed E-state index contributed by atoms with van der Waals surface area (Å²) in [5, 5.41) is 12.8. The van der Waals surface area contributed by atoms with Crippen molar-refractivity contribution in [3.8, 4) is 5.75 Å². The third-order valence-electron chi connectivity index (χ3n) is 2.72. The Hall–Kier alpha value is -1.02. The summed E-state index contributed by atoms with van der Waals surface area (Å²) >= 11 is 0. The first-order valence-electron chi connectivity index (χ1n) is 5.34. The summed E-state index contributed by atoms with van der Waals surface area (Å²) in [4.78, 5) is 0. The van der Waals surface area contributed by atoms with E-state index in [4.69, 9.17) is 0 Å². The Bertz CT molecular complexity index is 290. The maximum Gasteiger partial charge on any atom is 0.115 e. The van der Waals surface area contributed by atoms with Gasteiger partial charge >= 0.3 is 0 Å². The van der Waals surface area contributed by atoms with Crippen LogP contribution < -0.4 is 5.32 Å². The number of hydrogen-bond donors (Lipinski definition) is 2. The average Bonchev–Trinajstić information content (AvgIpc) is 3.00. The van der Waals surface area contributed by atoms with Crippen molar-refractivity contribution in [2.75, 3.05) is 0 Å². The monoisotopic (exact) mass is 191 g/mol. The number of hydrogen-bond acceptors (Lipinski definition) is 2. The molecule has 1 atom stereocenters. The minimum atomic E-state index is 0.343. The van der Waals surface area contributed by atoms with Gasteiger partial charge in [0.1, 0.15) is 5.75 Å². The highest BCUT2D eigenvalue weighted by Crippen LogP contribution is 2.26. The fourth-order valence-corrected chi connectivity index (χ4v) is 1.69. The van der Waals surface area contributed by atoms with Gasteiger partial charge in [-0.05, 0) is 37.0 Å². The highest BCUT2D eigenvalue weighted by Gasteiger charge is 2.24. The molecule has 1 aromatic carbocycles. The Morgan fingerprint density at radius 2 is 2.00 bits per heavy atom. The van der Waals surface area contributed by atoms with Gasteiger partial charge in [0.05, 0.1) is 0 Å². The Morgan fingerprint density at radius 1 is 1.36 bits per heavy atom. The van der Waals surface area contributed by atoms with Crippen LogP contribution in [0.3, 0.4) is 0 Å². The zero-order valence-corrected chi connectivity index (χ0v) is 8.53. The lowest BCUT2D eigenvalue weighted by molar-refractivity contribution is 0.473. The van der Waals surface area contributed by atoms with Crippen LogP contribution in [0.25, 0.3) is 0 Å². The maximum atomic E-state index is 9.18. The number of phenolic OH excluding ortho intramolecular Hbond substituents is 1. The standard InChI is InChI=1S/C12H17NO/c1-2-12(13-10-5-6-10)9-3-7-11(14)8-4-9/h3-4,7-8,10,12-14H,2,5-6H2,1H3. The van der Waals surface area contributed by atoms with E-state index in [1.165, 1.54) is 18.4 Å². The first kappa shape index (κ1) is 9.53. The molecule has 76 valence electrons. The molecule has 0 spiro atoms. The topological polar surface area (TPSA) is 32.3 Å². The maximum absolute atomic E-state index is 9.18. The summed E-state index contributed by atoms with van der Waals surface area (Å²) in [5.41, 5.74) is 1.28. The van der Waals surface area contributed by atoms with Gasteiger partial charge in [0.25, 0.3) is 0 Å². The Balaban J connectivity index is 2.05. The summed E-state index contributed by atoms with van der Waals surface area (Å²) in [5.74, 6) is 0.343. The minimum Gasteiger partial charge on any atom is -0.508 e. The summed E-state index contributed by atoms with van der Waals surface area (Å²) in [6, 6.07) is 8.69. The normalized spacial score (nSPS) is 18.1. The van der Waals surface area contributed by atoms with Gasteiger partial charge in [-0.25, -0.2) is 0 Å². The molecule has 2 nitrogen and oxygen atoms in total. The van der Waals surface area contributed by atoms with Crippen LogP contribution in [0.4, 0.5) is 0 Å². The van der Waals surface area contributed by atoms with Crippen molar-refractivity contribution in [2.45, 2.75) is 38.3 Å². The van der Waals surface area contributed by atoms with Gasteiger partial charge in [0, 0.05) is 12.1 Å². The summed E-state index contributed by atoms with van der Waals surface area (Å²) < 4.78 is 0. The van der Waals surface area contributed by atoms with Crippen molar-refractivity contribution >= 4 is 0 Å². The van der Waals surface area contributed by atoms with Gasteiger partial charge in [-0.15, -0.1) is 0 Å². The first-order chi connectivity index (χ1) is 6.79. The predicted molar refractivity (Wildman–Crippen MR) is 57.3 cm³/mol. The van der Waals surface area contributed by atoms with Gasteiger partial charge in [-0.2, -0.15) is 0 Å². The van der Waals surface area contributed by atoms with E-state index < -0.39 is 0 Å². The van der Waals surface area contributed by atoms with E-state index in [1.807, 2.05) is 12.1 Å². The number of benzene rings is 1. The van der Waals surface area contributed by atoms with E-state index in [0.29, 0.717) is 11.8 Å². The fourth-order valence-electron chi connectivity index (χ4n) is 1.69. The van der Waals surface area contributed by atoms with E-state index in [9.17, 15) is 5.11 Å². The van der Waals surface area contributed by atoms with Crippen LogP contribution in [0.15, 0.2) is 24.3 Å². The molecule has 0 radical (unpaired) electrons. The van der Waals surface area contributed by atoms with E-state index in [2.05, 4.69) is 12.2 Å². The van der Waals surface area contributed by atoms with Crippen molar-refractivity contribution in [3.05, 3.63) is 29.8 Å². The number of phenols is 1. The molecule has 2 heteroatoms. The van der Waals surface area contributed by atoms with Crippen molar-refractivity contribution < 1.29 is 5.11 Å². The molecule has 1 aliphatic carbocycles. The highest BCUT2D eigenvalue weighted by atomic mass is 16.3. The number of rotatable bonds is 4. The van der Waals surface area contributed by atoms with Crippen molar-refractivity contribution in [1.82, 2.24) is 5.32 Å². The van der Waals surface area contributed by atoms with Gasteiger partial charge < -0.3 is 10.4 Å². The molecule has 0 bridgehead atoms. The predicted octanol–water partition coefficient (Wildman–Crippen LogP) is 2.60. The van der Waals surface area contributed by atoms with Crippen molar-refractivity contribution in [3.63, 3.8) is 0 Å². The molecule has 14 heavy (non-hydrogen) atoms. The molecule has 0 aliphatic heterocycles. The zero-order chi connectivity index (χ0) is 9.97. The van der Waals surface area contributed by atoms with Gasteiger partial charge in [0.2, 0.25) is 0 Å². The van der Waals surface area contributed by atoms with E-state index in [0.717, 1.165) is 12.5 Å². The summed E-state index contributed by atoms with van der Waals surface area (Å²) in [6.07, 6.45) is 3.73. The van der Waals surface area contributed by atoms with E-state index in [-0.39, 0.29) is 0 Å². The molecule has 2 rings (SSSR count). The Morgan fingerprint density at radius 3 is 2.50 bits per heavy atom. The molecule has 0 aromatic heterocycles. The second-order valence-electron chi connectivity index (χ2n) is 3.99. The molecule has 1 fully saturated rings. The quantitative estimate of drug-likeness (QED) is 0.766. The smallest absolute Gasteiger partial charge is 0.115 e. The molecule has 2 N–H and O–H groups in total. The van der Waals surface area contributed by atoms with Crippen LogP contribution >= 0.6 is 0 Å². The van der Waals surface area contributed by atoms with Crippen LogP contribution in [0.2, 0.25) is 0 Å². The lowest BCUT2D eigenvalue weighted by Gasteiger charge is -2.16. The van der Waals surface area contributed by atoms with Crippen LogP contribution in [0.5, 0.6) is 5.75 Å². The Kier molecular flexibility index (Phi) is 2.73. The lowest BCUT2D eigenvalue weighted by atomic mass is 10.0. The van der Waals surface area contributed by atoms with Crippen LogP contribution in [0, 0.1) is 0 Å². The van der Waals surface area contributed by atoms with E-state index in [1.54, 1.807) is 12.1 Å². The van der Waals surface area contributed by atoms with Crippen molar-refractivity contribution in [2.24, 2.45) is 0 Å². The van der Waals surface area contributed by atoms with E-state index >= 15 is 0 Å². The van der Waals surface area contributed by atoms with Gasteiger partial charge in [-0.3, -0.25) is 0 Å². The molecule has 1 aliphatic rings. The molecule has 1 aromatic rings. The Labute approximate surface area is 85.0 Å². The first-order valence-corrected chi connectivity index (χ1v) is 5.34. The molecule has 0 saturated heterocycles. The molecular weight excluding hydrogens is 174 g/mol. The number of aromatic hydroxyl groups is 1. The molecule has 1 unspecified atom stereocenters. The summed E-state index contributed by atoms with van der Waals surface area (Å²) in [6.45, 7) is 2.19. The zero-order valence-electron chi connectivity index (χ0n) is 8.53. The third kappa shape index (κ3) is 2.26. The largest absolute Gasteiger partial charge is 0.508 e. The summed E-state index contributed by atoms with van der Waals surface area (Å²) in [7, 11) is 0. The second kappa shape index (κ2) is 4.01. The van der Waals surface area contributed by atoms with Crippen LogP contribution in [0.1, 0.15) is 37.8 Å². The van der Waals surface area contributed by atoms with Gasteiger partial charge in [0.15, 0.2) is 0 Å². The highest BCUT2D eigenvalue weighted by molar-refractivity contribution is 5.28. The molecule has 0 amide bonds. The fraction of sp³-hybridized carbons (Fsp3) is 0.500. The number of nitrogens with one attached hydrogen (secondary N) is 1. The molecule has 0 heterocycles. The van der Waals surface area contributed by atoms with Crippen LogP contribution in [-0.2, 0) is 0 Å². The average molecular weight is 191 g/mol. The van der Waals surface area contributed by atoms with Crippen LogP contribution in [-0.4, -0.2) is 11.1 Å². The minimum absolute atomic E-state index is 0.343. The van der Waals surface area contributed by atoms with Gasteiger partial charge in [-0.1, -0.05) is 19.1 Å². The van der Waals surface area contributed by atoms with Crippen molar-refractivity contribution in [1.29, 1.82) is 0 Å². The molecular formula is C12H17NO. The lowest BCUT2D eigenvalue weighted by Crippen LogP contribution is -2.22.